The number of benzene rings is 1. The summed E-state index contributed by atoms with van der Waals surface area (Å²) in [4.78, 5) is 2.45. The largest absolute Gasteiger partial charge is 0.330 e. The summed E-state index contributed by atoms with van der Waals surface area (Å²) < 4.78 is 0. The first-order valence-electron chi connectivity index (χ1n) is 29.1. The molecule has 0 unspecified atom stereocenters. The van der Waals surface area contributed by atoms with Crippen LogP contribution in [-0.4, -0.2) is 117 Å². The normalized spacial score (nSPS) is 10.9. The predicted molar refractivity (Wildman–Crippen MR) is 330 cm³/mol. The highest BCUT2D eigenvalue weighted by Crippen LogP contribution is 2.07. The minimum absolute atomic E-state index is 0. The number of hydrogen-bond donors (Lipinski definition) is 12. The number of rotatable bonds is 31. The molecular weight excluding hydrogens is 879 g/mol. The van der Waals surface area contributed by atoms with Crippen molar-refractivity contribution in [3.8, 4) is 0 Å². The molecule has 0 atom stereocenters. The number of nitrogens with zero attached hydrogens (tertiary/aromatic N) is 1. The molecule has 1 aromatic carbocycles. The molecule has 13 nitrogen and oxygen atoms in total. The molecule has 0 radical (unpaired) electrons. The Balaban J connectivity index is -0.0000000865. The van der Waals surface area contributed by atoms with Crippen LogP contribution in [0.15, 0.2) is 30.3 Å². The number of unbranched alkanes of at least 4 members (excludes halogenated alkanes) is 12. The van der Waals surface area contributed by atoms with Crippen molar-refractivity contribution in [3.05, 3.63) is 35.9 Å². The lowest BCUT2D eigenvalue weighted by atomic mass is 10.1. The quantitative estimate of drug-likeness (QED) is 0.0309. The van der Waals surface area contributed by atoms with E-state index in [2.05, 4.69) is 88.3 Å². The van der Waals surface area contributed by atoms with Crippen molar-refractivity contribution in [1.29, 1.82) is 0 Å². The molecule has 71 heavy (non-hydrogen) atoms. The summed E-state index contributed by atoms with van der Waals surface area (Å²) in [6.07, 6.45) is 32.6. The maximum atomic E-state index is 5.42. The number of nitrogens with two attached hydrogens (primary N) is 10. The van der Waals surface area contributed by atoms with E-state index in [0.717, 1.165) is 117 Å². The Kier molecular flexibility index (Phi) is 128. The number of aryl methyl sites for hydroxylation is 1. The molecule has 22 N–H and O–H groups in total. The minimum atomic E-state index is 0. The maximum Gasteiger partial charge on any atom is 0.0105 e. The molecule has 0 bridgehead atoms. The first-order chi connectivity index (χ1) is 34.0. The van der Waals surface area contributed by atoms with Gasteiger partial charge >= 0.3 is 0 Å². The van der Waals surface area contributed by atoms with Crippen LogP contribution in [0.2, 0.25) is 0 Å². The summed E-state index contributed by atoms with van der Waals surface area (Å²) >= 11 is 0. The van der Waals surface area contributed by atoms with Crippen LogP contribution in [0.1, 0.15) is 222 Å². The van der Waals surface area contributed by atoms with E-state index in [1.807, 2.05) is 20.2 Å². The van der Waals surface area contributed by atoms with Crippen molar-refractivity contribution in [1.82, 2.24) is 15.5 Å². The molecule has 1 fully saturated rings. The molecule has 1 aliphatic heterocycles. The standard InChI is InChI=1S/C9H13N.C7H16N2.C7H17N.3C6H15N.2C4H12N2.2C4H11N.CH4/c10-8-4-7-9-5-2-1-3-6-9;8-4-7-9-5-2-1-3-6-9;1-7(2)5-3-4-6-8;3*1-2-3-4-5-6-7;2*1-6-4-2-3-5;2*1-2-3-4-5;/h1-3,5-6H,4,7-8,10H2;1-8H2;7H,3-6,8H2,1-2H3;3*2-7H2,1H3;2*6H,2-5H2,1H3;2*2-5H2,1H3;1H4. The van der Waals surface area contributed by atoms with E-state index in [-0.39, 0.29) is 7.43 Å². The molecule has 13 heteroatoms. The van der Waals surface area contributed by atoms with Gasteiger partial charge in [0.2, 0.25) is 0 Å². The lowest BCUT2D eigenvalue weighted by Crippen LogP contribution is -2.33. The molecule has 0 aliphatic carbocycles. The van der Waals surface area contributed by atoms with Crippen molar-refractivity contribution >= 4 is 0 Å². The second-order valence-corrected chi connectivity index (χ2v) is 18.1. The van der Waals surface area contributed by atoms with Crippen LogP contribution >= 0.6 is 0 Å². The molecule has 438 valence electrons. The molecule has 0 amide bonds. The highest BCUT2D eigenvalue weighted by molar-refractivity contribution is 5.14. The van der Waals surface area contributed by atoms with Gasteiger partial charge in [0.25, 0.3) is 0 Å². The molecule has 2 rings (SSSR count). The van der Waals surface area contributed by atoms with E-state index < -0.39 is 0 Å². The average molecular weight is 1020 g/mol. The van der Waals surface area contributed by atoms with Crippen molar-refractivity contribution in [2.24, 2.45) is 63.3 Å². The highest BCUT2D eigenvalue weighted by Gasteiger charge is 2.07. The zero-order valence-corrected chi connectivity index (χ0v) is 49.2. The van der Waals surface area contributed by atoms with Crippen LogP contribution in [0.5, 0.6) is 0 Å². The van der Waals surface area contributed by atoms with E-state index in [1.165, 1.54) is 160 Å². The summed E-state index contributed by atoms with van der Waals surface area (Å²) in [6, 6.07) is 10.4. The predicted octanol–water partition coefficient (Wildman–Crippen LogP) is 9.59. The molecule has 1 aliphatic rings. The number of nitrogens with one attached hydrogen (secondary N) is 2. The smallest absolute Gasteiger partial charge is 0.0105 e. The fourth-order valence-electron chi connectivity index (χ4n) is 5.69. The third-order valence-electron chi connectivity index (χ3n) is 10.2. The second kappa shape index (κ2) is 101. The SMILES string of the molecule is C.CC(C)CCCCN.CCCCCCN.CCCCCCN.CCCCCCN.CCCCN.CCCCN.CNCCCN.CNCCCN.NCCCc1ccccc1.NCCN1CCCCC1. The van der Waals surface area contributed by atoms with Gasteiger partial charge in [-0.2, -0.15) is 0 Å². The number of hydrogen-bond acceptors (Lipinski definition) is 13. The summed E-state index contributed by atoms with van der Waals surface area (Å²) in [7, 11) is 3.85. The van der Waals surface area contributed by atoms with Crippen LogP contribution in [0.4, 0.5) is 0 Å². The molecule has 1 saturated heterocycles. The minimum Gasteiger partial charge on any atom is -0.330 e. The Morgan fingerprint density at radius 3 is 1.00 bits per heavy atom. The topological polar surface area (TPSA) is 288 Å². The number of likely N-dealkylation sites (tertiary alicyclic amines) is 1. The lowest BCUT2D eigenvalue weighted by Gasteiger charge is -2.25. The van der Waals surface area contributed by atoms with Gasteiger partial charge in [-0.25, -0.2) is 0 Å². The molecule has 0 aromatic heterocycles. The zero-order valence-electron chi connectivity index (χ0n) is 49.2. The highest BCUT2D eigenvalue weighted by atomic mass is 15.1. The Bertz CT molecular complexity index is 772. The van der Waals surface area contributed by atoms with Gasteiger partial charge < -0.3 is 72.9 Å². The molecule has 1 heterocycles. The van der Waals surface area contributed by atoms with Crippen molar-refractivity contribution in [2.75, 3.05) is 112 Å². The lowest BCUT2D eigenvalue weighted by molar-refractivity contribution is 0.235. The third kappa shape index (κ3) is 129. The summed E-state index contributed by atoms with van der Waals surface area (Å²) in [6.45, 7) is 29.4. The van der Waals surface area contributed by atoms with Gasteiger partial charge in [-0.1, -0.05) is 176 Å². The third-order valence-corrected chi connectivity index (χ3v) is 10.2. The summed E-state index contributed by atoms with van der Waals surface area (Å²) in [5.41, 5.74) is 53.9. The van der Waals surface area contributed by atoms with Gasteiger partial charge in [-0.3, -0.25) is 0 Å². The second-order valence-electron chi connectivity index (χ2n) is 18.1. The van der Waals surface area contributed by atoms with E-state index in [0.29, 0.717) is 0 Å². The van der Waals surface area contributed by atoms with Crippen LogP contribution in [0.3, 0.4) is 0 Å². The van der Waals surface area contributed by atoms with Crippen molar-refractivity contribution in [3.63, 3.8) is 0 Å². The van der Waals surface area contributed by atoms with Gasteiger partial charge in [-0.05, 0) is 188 Å². The van der Waals surface area contributed by atoms with Gasteiger partial charge in [0.15, 0.2) is 0 Å². The van der Waals surface area contributed by atoms with Crippen molar-refractivity contribution < 1.29 is 0 Å². The molecule has 0 spiro atoms. The van der Waals surface area contributed by atoms with E-state index in [4.69, 9.17) is 57.3 Å². The van der Waals surface area contributed by atoms with E-state index >= 15 is 0 Å². The molecular formula is C58H141N13. The fraction of sp³-hybridized carbons (Fsp3) is 0.897. The first-order valence-corrected chi connectivity index (χ1v) is 29.1. The van der Waals surface area contributed by atoms with Gasteiger partial charge in [0.05, 0.1) is 0 Å². The van der Waals surface area contributed by atoms with Crippen LogP contribution in [0.25, 0.3) is 0 Å². The first kappa shape index (κ1) is 89.3. The van der Waals surface area contributed by atoms with Gasteiger partial charge in [0.1, 0.15) is 0 Å². The molecule has 1 aromatic rings. The van der Waals surface area contributed by atoms with Crippen LogP contribution < -0.4 is 68.0 Å². The van der Waals surface area contributed by atoms with E-state index in [9.17, 15) is 0 Å². The number of piperidine rings is 1. The van der Waals surface area contributed by atoms with Crippen molar-refractivity contribution in [2.45, 2.75) is 223 Å². The monoisotopic (exact) mass is 1020 g/mol. The average Bonchev–Trinajstić information content (AvgIpc) is 3.38. The Morgan fingerprint density at radius 2 is 0.746 bits per heavy atom. The van der Waals surface area contributed by atoms with Gasteiger partial charge in [0, 0.05) is 13.1 Å². The van der Waals surface area contributed by atoms with E-state index in [1.54, 1.807) is 0 Å². The maximum absolute atomic E-state index is 5.42. The zero-order chi connectivity index (χ0) is 54.7. The van der Waals surface area contributed by atoms with Crippen LogP contribution in [0, 0.1) is 5.92 Å². The Labute approximate surface area is 448 Å². The fourth-order valence-corrected chi connectivity index (χ4v) is 5.69. The molecule has 0 saturated carbocycles. The van der Waals surface area contributed by atoms with Gasteiger partial charge in [-0.15, -0.1) is 0 Å². The summed E-state index contributed by atoms with van der Waals surface area (Å²) in [5.74, 6) is 0.849. The van der Waals surface area contributed by atoms with Crippen LogP contribution in [-0.2, 0) is 6.42 Å². The Morgan fingerprint density at radius 1 is 0.408 bits per heavy atom. The summed E-state index contributed by atoms with van der Waals surface area (Å²) in [5, 5.41) is 5.98. The Hall–Kier alpha value is -1.30.